The second-order valence-corrected chi connectivity index (χ2v) is 6.16. The Kier molecular flexibility index (Phi) is 7.17. The molecular weight excluding hydrogens is 214 g/mol. The fourth-order valence-corrected chi connectivity index (χ4v) is 3.67. The fourth-order valence-electron chi connectivity index (χ4n) is 2.48. The second-order valence-electron chi connectivity index (χ2n) is 5.64. The molecule has 4 heteroatoms. The Bertz CT molecular complexity index is 159. The normalized spacial score (nSPS) is 12.9. The lowest BCUT2D eigenvalue weighted by molar-refractivity contribution is 0.233. The number of nitrogens with zero attached hydrogens (tertiary/aromatic N) is 2. The molecule has 0 atom stereocenters. The van der Waals surface area contributed by atoms with Gasteiger partial charge < -0.3 is 18.7 Å². The van der Waals surface area contributed by atoms with Crippen molar-refractivity contribution in [3.8, 4) is 0 Å². The SMILES string of the molecule is CC(C)N(B([PH-])N(C(C)C)C(C)C)C(C)C. The van der Waals surface area contributed by atoms with Crippen molar-refractivity contribution in [2.75, 3.05) is 0 Å². The molecule has 0 N–H and O–H groups in total. The monoisotopic (exact) mass is 243 g/mol. The molecular formula is C12H29BN2P-. The minimum Gasteiger partial charge on any atom is -0.551 e. The summed E-state index contributed by atoms with van der Waals surface area (Å²) in [7, 11) is 3.92. The van der Waals surface area contributed by atoms with Crippen LogP contribution in [0.5, 0.6) is 0 Å². The summed E-state index contributed by atoms with van der Waals surface area (Å²) in [5.41, 5.74) is 0. The molecule has 0 radical (unpaired) electrons. The molecule has 0 unspecified atom stereocenters. The van der Waals surface area contributed by atoms with Gasteiger partial charge >= 0.3 is 0 Å². The predicted octanol–water partition coefficient (Wildman–Crippen LogP) is 3.35. The maximum Gasteiger partial charge on any atom is 0.130 e. The van der Waals surface area contributed by atoms with Gasteiger partial charge in [-0.05, 0) is 24.2 Å². The molecule has 0 heterocycles. The molecule has 0 aliphatic heterocycles. The van der Waals surface area contributed by atoms with Crippen molar-refractivity contribution in [3.05, 3.63) is 0 Å². The number of hydrogen-bond donors (Lipinski definition) is 0. The zero-order valence-corrected chi connectivity index (χ0v) is 13.3. The number of hydrogen-bond acceptors (Lipinski definition) is 2. The van der Waals surface area contributed by atoms with E-state index in [2.05, 4.69) is 74.1 Å². The molecule has 0 aromatic rings. The Balaban J connectivity index is 4.88. The van der Waals surface area contributed by atoms with Crippen LogP contribution in [0.25, 0.3) is 0 Å². The van der Waals surface area contributed by atoms with E-state index in [4.69, 9.17) is 0 Å². The Labute approximate surface area is 105 Å². The zero-order chi connectivity index (χ0) is 13.0. The summed E-state index contributed by atoms with van der Waals surface area (Å²) in [6.45, 7) is 18.4. The van der Waals surface area contributed by atoms with Gasteiger partial charge in [-0.2, -0.15) is 0 Å². The van der Waals surface area contributed by atoms with Gasteiger partial charge in [0.15, 0.2) is 0 Å². The standard InChI is InChI=1S/C12H29BN2P/c1-9(2)14(10(3)4)13(16)15(11(5)6)12(7)8/h9-12,16H,1-8H3/q-1. The molecule has 96 valence electrons. The molecule has 0 bridgehead atoms. The van der Waals surface area contributed by atoms with E-state index >= 15 is 0 Å². The third-order valence-electron chi connectivity index (χ3n) is 2.95. The van der Waals surface area contributed by atoms with Crippen molar-refractivity contribution in [1.29, 1.82) is 0 Å². The maximum atomic E-state index is 3.92. The molecule has 0 saturated heterocycles. The van der Waals surface area contributed by atoms with Crippen LogP contribution in [0.15, 0.2) is 0 Å². The van der Waals surface area contributed by atoms with Crippen LogP contribution in [0.2, 0.25) is 0 Å². The molecule has 16 heavy (non-hydrogen) atoms. The van der Waals surface area contributed by atoms with Crippen molar-refractivity contribution in [3.63, 3.8) is 0 Å². The smallest absolute Gasteiger partial charge is 0.130 e. The highest BCUT2D eigenvalue weighted by molar-refractivity contribution is 7.60. The lowest BCUT2D eigenvalue weighted by Crippen LogP contribution is -2.58. The fraction of sp³-hybridized carbons (Fsp3) is 1.00. The Morgan fingerprint density at radius 2 is 0.812 bits per heavy atom. The summed E-state index contributed by atoms with van der Waals surface area (Å²) in [5.74, 6) is 0. The molecule has 0 aliphatic rings. The van der Waals surface area contributed by atoms with E-state index in [-0.39, 0.29) is 0 Å². The van der Waals surface area contributed by atoms with Gasteiger partial charge in [0, 0.05) is 0 Å². The predicted molar refractivity (Wildman–Crippen MR) is 78.3 cm³/mol. The van der Waals surface area contributed by atoms with Gasteiger partial charge in [-0.3, -0.25) is 0 Å². The molecule has 0 amide bonds. The minimum atomic E-state index is 0.306. The Morgan fingerprint density at radius 1 is 0.625 bits per heavy atom. The van der Waals surface area contributed by atoms with Crippen LogP contribution in [0.3, 0.4) is 0 Å². The Hall–Kier alpha value is 0.415. The van der Waals surface area contributed by atoms with Gasteiger partial charge in [-0.15, -0.1) is 0 Å². The van der Waals surface area contributed by atoms with E-state index in [0.717, 1.165) is 0 Å². The average Bonchev–Trinajstić information content (AvgIpc) is 1.99. The summed E-state index contributed by atoms with van der Waals surface area (Å²) in [6, 6.07) is 2.18. The second kappa shape index (κ2) is 6.98. The summed E-state index contributed by atoms with van der Waals surface area (Å²) in [4.78, 5) is 4.99. The first-order valence-electron chi connectivity index (χ1n) is 6.46. The van der Waals surface area contributed by atoms with E-state index in [9.17, 15) is 0 Å². The van der Waals surface area contributed by atoms with E-state index in [1.54, 1.807) is 0 Å². The van der Waals surface area contributed by atoms with E-state index in [1.165, 1.54) is 0 Å². The van der Waals surface area contributed by atoms with Crippen molar-refractivity contribution in [1.82, 2.24) is 9.62 Å². The largest absolute Gasteiger partial charge is 0.551 e. The Morgan fingerprint density at radius 3 is 0.938 bits per heavy atom. The van der Waals surface area contributed by atoms with Crippen LogP contribution in [-0.4, -0.2) is 40.5 Å². The van der Waals surface area contributed by atoms with Gasteiger partial charge in [0.25, 0.3) is 0 Å². The van der Waals surface area contributed by atoms with Gasteiger partial charge in [0.05, 0.1) is 0 Å². The quantitative estimate of drug-likeness (QED) is 0.521. The molecule has 0 spiro atoms. The molecule has 2 nitrogen and oxygen atoms in total. The third kappa shape index (κ3) is 4.35. The topological polar surface area (TPSA) is 6.48 Å². The van der Waals surface area contributed by atoms with E-state index < -0.39 is 0 Å². The molecule has 0 aromatic heterocycles. The van der Waals surface area contributed by atoms with Crippen LogP contribution in [0, 0.1) is 0 Å². The van der Waals surface area contributed by atoms with E-state index in [0.29, 0.717) is 30.9 Å². The summed E-state index contributed by atoms with van der Waals surface area (Å²) in [6.07, 6.45) is 0. The lowest BCUT2D eigenvalue weighted by Gasteiger charge is -2.49. The summed E-state index contributed by atoms with van der Waals surface area (Å²) < 4.78 is 0. The van der Waals surface area contributed by atoms with Crippen LogP contribution in [0.4, 0.5) is 0 Å². The van der Waals surface area contributed by atoms with Crippen LogP contribution < -0.4 is 0 Å². The third-order valence-corrected chi connectivity index (χ3v) is 3.55. The average molecular weight is 243 g/mol. The van der Waals surface area contributed by atoms with Crippen molar-refractivity contribution in [2.45, 2.75) is 79.6 Å². The summed E-state index contributed by atoms with van der Waals surface area (Å²) in [5, 5.41) is 0. The van der Waals surface area contributed by atoms with Crippen molar-refractivity contribution >= 4 is 15.8 Å². The minimum absolute atomic E-state index is 0.306. The molecule has 0 rings (SSSR count). The molecule has 0 saturated carbocycles. The zero-order valence-electron chi connectivity index (χ0n) is 12.3. The maximum absolute atomic E-state index is 3.92. The van der Waals surface area contributed by atoms with Crippen molar-refractivity contribution in [2.24, 2.45) is 0 Å². The highest BCUT2D eigenvalue weighted by atomic mass is 31.0. The van der Waals surface area contributed by atoms with Gasteiger partial charge in [0.1, 0.15) is 6.70 Å². The number of rotatable bonds is 6. The molecule has 0 fully saturated rings. The molecule has 0 aromatic carbocycles. The summed E-state index contributed by atoms with van der Waals surface area (Å²) >= 11 is 0. The van der Waals surface area contributed by atoms with Gasteiger partial charge in [-0.25, -0.2) is 0 Å². The van der Waals surface area contributed by atoms with Crippen molar-refractivity contribution < 1.29 is 0 Å². The van der Waals surface area contributed by atoms with Gasteiger partial charge in [0.2, 0.25) is 0 Å². The van der Waals surface area contributed by atoms with E-state index in [1.807, 2.05) is 0 Å². The highest BCUT2D eigenvalue weighted by Gasteiger charge is 2.25. The first-order valence-corrected chi connectivity index (χ1v) is 7.03. The lowest BCUT2D eigenvalue weighted by atomic mass is 9.91. The highest BCUT2D eigenvalue weighted by Crippen LogP contribution is 2.20. The van der Waals surface area contributed by atoms with Crippen LogP contribution >= 0.6 is 9.12 Å². The first kappa shape index (κ1) is 16.4. The van der Waals surface area contributed by atoms with Crippen LogP contribution in [0.1, 0.15) is 55.4 Å². The molecule has 0 aliphatic carbocycles. The van der Waals surface area contributed by atoms with Crippen LogP contribution in [-0.2, 0) is 0 Å². The first-order chi connectivity index (χ1) is 7.20. The van der Waals surface area contributed by atoms with Gasteiger partial charge in [-0.1, -0.05) is 55.4 Å².